The second-order valence-corrected chi connectivity index (χ2v) is 5.52. The largest absolute Gasteiger partial charge is 1.00 e. The molecule has 0 N–H and O–H groups in total. The molecule has 0 spiro atoms. The molecule has 0 saturated carbocycles. The fourth-order valence-electron chi connectivity index (χ4n) is 2.17. The van der Waals surface area contributed by atoms with Gasteiger partial charge in [0.1, 0.15) is 5.37 Å². The average molecular weight is 296 g/mol. The van der Waals surface area contributed by atoms with Crippen LogP contribution in [-0.2, 0) is 9.59 Å². The Kier molecular flexibility index (Phi) is 4.39. The van der Waals surface area contributed by atoms with Crippen LogP contribution in [0.25, 0.3) is 6.08 Å². The van der Waals surface area contributed by atoms with Crippen molar-refractivity contribution in [1.82, 2.24) is 9.88 Å². The van der Waals surface area contributed by atoms with Crippen LogP contribution in [0, 0.1) is 0 Å². The van der Waals surface area contributed by atoms with Gasteiger partial charge in [0.2, 0.25) is 0 Å². The van der Waals surface area contributed by atoms with Crippen LogP contribution < -0.4 is 34.7 Å². The number of allylic oxidation sites excluding steroid dienone is 1. The number of carboxylic acid groups (broad SMARTS) is 1. The van der Waals surface area contributed by atoms with Gasteiger partial charge in [0.05, 0.1) is 17.2 Å². The molecule has 1 atom stereocenters. The van der Waals surface area contributed by atoms with Gasteiger partial charge in [-0.2, -0.15) is 0 Å². The minimum atomic E-state index is -1.30. The van der Waals surface area contributed by atoms with E-state index in [1.807, 2.05) is 6.07 Å². The van der Waals surface area contributed by atoms with Gasteiger partial charge in [0.25, 0.3) is 5.91 Å². The Hall–Kier alpha value is -1.08. The molecule has 1 saturated heterocycles. The third kappa shape index (κ3) is 2.33. The zero-order valence-corrected chi connectivity index (χ0v) is 13.8. The average Bonchev–Trinajstić information content (AvgIpc) is 2.71. The summed E-state index contributed by atoms with van der Waals surface area (Å²) in [6, 6.07) is 3.63. The van der Waals surface area contributed by atoms with Gasteiger partial charge in [-0.15, -0.1) is 0 Å². The van der Waals surface area contributed by atoms with E-state index in [-0.39, 0.29) is 46.5 Å². The van der Waals surface area contributed by atoms with Gasteiger partial charge < -0.3 is 9.90 Å². The Bertz CT molecular complexity index is 642. The molecule has 1 amide bonds. The Morgan fingerprint density at radius 1 is 1.55 bits per heavy atom. The summed E-state index contributed by atoms with van der Waals surface area (Å²) in [4.78, 5) is 28.9. The van der Waals surface area contributed by atoms with Gasteiger partial charge in [-0.05, 0) is 24.6 Å². The van der Waals surface area contributed by atoms with Crippen molar-refractivity contribution in [2.75, 3.05) is 0 Å². The van der Waals surface area contributed by atoms with Crippen molar-refractivity contribution in [3.63, 3.8) is 0 Å². The van der Waals surface area contributed by atoms with Gasteiger partial charge in [-0.1, -0.05) is 17.8 Å². The molecule has 3 rings (SSSR count). The summed E-state index contributed by atoms with van der Waals surface area (Å²) in [5.74, 6) is -1.58. The first-order chi connectivity index (χ1) is 9.09. The third-order valence-electron chi connectivity index (χ3n) is 3.03. The molecule has 5 nitrogen and oxygen atoms in total. The SMILES string of the molecule is CC1=C(C(=O)[O-])N2C(=O)/C(=C/c3cccnc3)C2S1.[Na+]. The number of rotatable bonds is 2. The van der Waals surface area contributed by atoms with E-state index < -0.39 is 5.97 Å². The summed E-state index contributed by atoms with van der Waals surface area (Å²) in [7, 11) is 0. The Balaban J connectivity index is 0.00000147. The minimum absolute atomic E-state index is 0. The smallest absolute Gasteiger partial charge is 0.543 e. The molecule has 0 aliphatic carbocycles. The minimum Gasteiger partial charge on any atom is -0.543 e. The van der Waals surface area contributed by atoms with E-state index in [0.717, 1.165) is 5.56 Å². The normalized spacial score (nSPS) is 22.4. The van der Waals surface area contributed by atoms with E-state index in [2.05, 4.69) is 4.98 Å². The monoisotopic (exact) mass is 296 g/mol. The standard InChI is InChI=1S/C13H10N2O3S.Na/c1-7-10(13(17)18)15-11(16)9(12(15)19-7)5-8-3-2-4-14-6-8;/h2-6,12H,1H3,(H,17,18);/q;+1/p-1/b9-5-;. The first-order valence-corrected chi connectivity index (χ1v) is 6.51. The molecule has 1 aromatic rings. The zero-order chi connectivity index (χ0) is 13.6. The molecular weight excluding hydrogens is 287 g/mol. The Morgan fingerprint density at radius 3 is 2.90 bits per heavy atom. The van der Waals surface area contributed by atoms with Crippen LogP contribution in [0.5, 0.6) is 0 Å². The molecule has 96 valence electrons. The number of aromatic nitrogens is 1. The molecule has 0 bridgehead atoms. The second kappa shape index (κ2) is 5.73. The molecule has 1 unspecified atom stereocenters. The molecule has 3 heterocycles. The number of hydrogen-bond acceptors (Lipinski definition) is 5. The Morgan fingerprint density at radius 2 is 2.30 bits per heavy atom. The van der Waals surface area contributed by atoms with E-state index in [9.17, 15) is 14.7 Å². The maximum Gasteiger partial charge on any atom is 1.00 e. The van der Waals surface area contributed by atoms with Crippen LogP contribution >= 0.6 is 11.8 Å². The number of pyridine rings is 1. The first kappa shape index (κ1) is 15.3. The fraction of sp³-hybridized carbons (Fsp3) is 0.154. The number of carbonyl (C=O) groups excluding carboxylic acids is 2. The molecule has 2 aliphatic rings. The van der Waals surface area contributed by atoms with Crippen molar-refractivity contribution in [2.24, 2.45) is 0 Å². The molecule has 2 aliphatic heterocycles. The summed E-state index contributed by atoms with van der Waals surface area (Å²) in [6.07, 6.45) is 5.05. The van der Waals surface area contributed by atoms with Gasteiger partial charge in [0, 0.05) is 17.3 Å². The van der Waals surface area contributed by atoms with Crippen LogP contribution in [0.2, 0.25) is 0 Å². The second-order valence-electron chi connectivity index (χ2n) is 4.22. The number of amides is 1. The first-order valence-electron chi connectivity index (χ1n) is 5.63. The number of aliphatic carboxylic acids is 1. The number of hydrogen-bond donors (Lipinski definition) is 0. The Labute approximate surface area is 142 Å². The van der Waals surface area contributed by atoms with E-state index in [4.69, 9.17) is 0 Å². The van der Waals surface area contributed by atoms with E-state index in [1.54, 1.807) is 31.5 Å². The predicted molar refractivity (Wildman–Crippen MR) is 68.1 cm³/mol. The summed E-state index contributed by atoms with van der Waals surface area (Å²) in [5, 5.41) is 10.8. The zero-order valence-electron chi connectivity index (χ0n) is 11.0. The van der Waals surface area contributed by atoms with Gasteiger partial charge in [-0.3, -0.25) is 14.7 Å². The van der Waals surface area contributed by atoms with Crippen molar-refractivity contribution in [1.29, 1.82) is 0 Å². The maximum atomic E-state index is 12.0. The van der Waals surface area contributed by atoms with Crippen molar-refractivity contribution in [2.45, 2.75) is 12.3 Å². The van der Waals surface area contributed by atoms with E-state index in [0.29, 0.717) is 10.5 Å². The van der Waals surface area contributed by atoms with Crippen LogP contribution in [0.4, 0.5) is 0 Å². The number of fused-ring (bicyclic) bond motifs is 1. The molecule has 7 heteroatoms. The summed E-state index contributed by atoms with van der Waals surface area (Å²) in [5.41, 5.74) is 1.41. The quantitative estimate of drug-likeness (QED) is 0.339. The maximum absolute atomic E-state index is 12.0. The van der Waals surface area contributed by atoms with E-state index in [1.165, 1.54) is 16.7 Å². The topological polar surface area (TPSA) is 73.3 Å². The molecule has 0 radical (unpaired) electrons. The van der Waals surface area contributed by atoms with Crippen molar-refractivity contribution in [3.8, 4) is 0 Å². The number of thioether (sulfide) groups is 1. The summed E-state index contributed by atoms with van der Waals surface area (Å²) >= 11 is 1.36. The van der Waals surface area contributed by atoms with Crippen molar-refractivity contribution < 1.29 is 44.3 Å². The molecule has 1 fully saturated rings. The third-order valence-corrected chi connectivity index (χ3v) is 4.26. The van der Waals surface area contributed by atoms with Gasteiger partial charge in [0.15, 0.2) is 0 Å². The van der Waals surface area contributed by atoms with Crippen molar-refractivity contribution >= 4 is 29.7 Å². The van der Waals surface area contributed by atoms with Crippen LogP contribution in [0.3, 0.4) is 0 Å². The van der Waals surface area contributed by atoms with Gasteiger partial charge >= 0.3 is 29.6 Å². The van der Waals surface area contributed by atoms with Crippen LogP contribution in [0.1, 0.15) is 12.5 Å². The molecule has 0 aromatic carbocycles. The summed E-state index contributed by atoms with van der Waals surface area (Å²) in [6.45, 7) is 1.68. The number of β-lactam (4-membered cyclic amide) rings is 1. The number of carbonyl (C=O) groups is 2. The molecule has 20 heavy (non-hydrogen) atoms. The van der Waals surface area contributed by atoms with Crippen molar-refractivity contribution in [3.05, 3.63) is 46.3 Å². The molecular formula is C13H9N2NaO3S. The molecule has 1 aromatic heterocycles. The van der Waals surface area contributed by atoms with Crippen LogP contribution in [-0.4, -0.2) is 27.1 Å². The van der Waals surface area contributed by atoms with Crippen LogP contribution in [0.15, 0.2) is 40.7 Å². The predicted octanol–water partition coefficient (Wildman–Crippen LogP) is -2.63. The summed E-state index contributed by atoms with van der Waals surface area (Å²) < 4.78 is 0. The number of carboxylic acids is 1. The number of nitrogens with zero attached hydrogens (tertiary/aromatic N) is 2. The van der Waals surface area contributed by atoms with Gasteiger partial charge in [-0.25, -0.2) is 0 Å². The van der Waals surface area contributed by atoms with E-state index >= 15 is 0 Å². The fourth-order valence-corrected chi connectivity index (χ4v) is 3.40.